The molecule has 0 amide bonds. The molecule has 0 aromatic heterocycles. The second-order valence-electron chi connectivity index (χ2n) is 4.14. The van der Waals surface area contributed by atoms with E-state index in [9.17, 15) is 20.4 Å². The summed E-state index contributed by atoms with van der Waals surface area (Å²) in [6.45, 7) is 7.07. The lowest BCUT2D eigenvalue weighted by Crippen LogP contribution is -2.65. The first kappa shape index (κ1) is 15.3. The summed E-state index contributed by atoms with van der Waals surface area (Å²) in [5, 5.41) is 39.3. The predicted molar refractivity (Wildman–Crippen MR) is 63.9 cm³/mol. The van der Waals surface area contributed by atoms with E-state index in [2.05, 4.69) is 13.2 Å². The molecule has 0 radical (unpaired) electrons. The first-order chi connectivity index (χ1) is 8.54. The second kappa shape index (κ2) is 6.98. The maximum absolute atomic E-state index is 9.84. The SMILES string of the molecule is C=CCOC1[C@@H](O)[C@H](O)C(OCC=C)[C@H](O)[C@@H]1O. The minimum absolute atomic E-state index is 0.0937. The van der Waals surface area contributed by atoms with Crippen LogP contribution >= 0.6 is 0 Å². The molecule has 0 bridgehead atoms. The van der Waals surface area contributed by atoms with Gasteiger partial charge in [-0.05, 0) is 0 Å². The van der Waals surface area contributed by atoms with E-state index < -0.39 is 36.6 Å². The van der Waals surface area contributed by atoms with Gasteiger partial charge in [-0.2, -0.15) is 0 Å². The molecule has 0 aliphatic heterocycles. The molecule has 0 aromatic carbocycles. The van der Waals surface area contributed by atoms with E-state index in [0.717, 1.165) is 0 Å². The maximum Gasteiger partial charge on any atom is 0.115 e. The van der Waals surface area contributed by atoms with Gasteiger partial charge in [-0.1, -0.05) is 12.2 Å². The minimum Gasteiger partial charge on any atom is -0.387 e. The largest absolute Gasteiger partial charge is 0.387 e. The quantitative estimate of drug-likeness (QED) is 0.438. The Morgan fingerprint density at radius 2 is 1.00 bits per heavy atom. The fourth-order valence-electron chi connectivity index (χ4n) is 1.93. The molecule has 6 nitrogen and oxygen atoms in total. The molecule has 1 rings (SSSR count). The Balaban J connectivity index is 2.74. The molecular weight excluding hydrogens is 240 g/mol. The van der Waals surface area contributed by atoms with Gasteiger partial charge in [-0.25, -0.2) is 0 Å². The molecule has 0 heterocycles. The maximum atomic E-state index is 9.84. The van der Waals surface area contributed by atoms with Gasteiger partial charge in [0, 0.05) is 0 Å². The Hall–Kier alpha value is -0.760. The van der Waals surface area contributed by atoms with Crippen molar-refractivity contribution < 1.29 is 29.9 Å². The van der Waals surface area contributed by atoms with Gasteiger partial charge >= 0.3 is 0 Å². The van der Waals surface area contributed by atoms with Crippen LogP contribution < -0.4 is 0 Å². The van der Waals surface area contributed by atoms with Gasteiger partial charge in [0.15, 0.2) is 0 Å². The molecule has 104 valence electrons. The molecule has 1 aliphatic carbocycles. The van der Waals surface area contributed by atoms with Crippen LogP contribution in [-0.2, 0) is 9.47 Å². The number of hydrogen-bond acceptors (Lipinski definition) is 6. The van der Waals surface area contributed by atoms with E-state index >= 15 is 0 Å². The van der Waals surface area contributed by atoms with Crippen molar-refractivity contribution in [2.45, 2.75) is 36.6 Å². The van der Waals surface area contributed by atoms with Crippen LogP contribution in [0.15, 0.2) is 25.3 Å². The van der Waals surface area contributed by atoms with Crippen molar-refractivity contribution >= 4 is 0 Å². The zero-order chi connectivity index (χ0) is 13.7. The summed E-state index contributed by atoms with van der Waals surface area (Å²) in [6, 6.07) is 0. The van der Waals surface area contributed by atoms with Crippen LogP contribution in [0.3, 0.4) is 0 Å². The lowest BCUT2D eigenvalue weighted by molar-refractivity contribution is -0.241. The smallest absolute Gasteiger partial charge is 0.115 e. The average Bonchev–Trinajstić information content (AvgIpc) is 2.37. The first-order valence-electron chi connectivity index (χ1n) is 5.71. The highest BCUT2D eigenvalue weighted by molar-refractivity contribution is 5.00. The number of ether oxygens (including phenoxy) is 2. The average molecular weight is 260 g/mol. The molecule has 18 heavy (non-hydrogen) atoms. The van der Waals surface area contributed by atoms with Crippen LogP contribution in [-0.4, -0.2) is 70.3 Å². The van der Waals surface area contributed by atoms with E-state index in [1.807, 2.05) is 0 Å². The van der Waals surface area contributed by atoms with E-state index in [0.29, 0.717) is 0 Å². The van der Waals surface area contributed by atoms with E-state index in [4.69, 9.17) is 9.47 Å². The Bertz CT molecular complexity index is 238. The molecule has 1 fully saturated rings. The molecule has 1 aliphatic rings. The Labute approximate surface area is 106 Å². The number of aliphatic hydroxyl groups excluding tert-OH is 4. The summed E-state index contributed by atoms with van der Waals surface area (Å²) in [7, 11) is 0. The normalized spacial score (nSPS) is 40.4. The third-order valence-electron chi connectivity index (χ3n) is 2.86. The molecule has 6 heteroatoms. The zero-order valence-corrected chi connectivity index (χ0v) is 10.1. The van der Waals surface area contributed by atoms with E-state index in [1.165, 1.54) is 12.2 Å². The number of rotatable bonds is 6. The Morgan fingerprint density at radius 3 is 1.22 bits per heavy atom. The van der Waals surface area contributed by atoms with Crippen molar-refractivity contribution in [2.24, 2.45) is 0 Å². The molecule has 4 N–H and O–H groups in total. The van der Waals surface area contributed by atoms with Gasteiger partial charge in [0.25, 0.3) is 0 Å². The molecule has 6 atom stereocenters. The summed E-state index contributed by atoms with van der Waals surface area (Å²) >= 11 is 0. The van der Waals surface area contributed by atoms with Crippen LogP contribution in [0, 0.1) is 0 Å². The molecule has 0 aromatic rings. The fourth-order valence-corrected chi connectivity index (χ4v) is 1.93. The summed E-state index contributed by atoms with van der Waals surface area (Å²) in [4.78, 5) is 0. The highest BCUT2D eigenvalue weighted by Crippen LogP contribution is 2.26. The van der Waals surface area contributed by atoms with E-state index in [-0.39, 0.29) is 13.2 Å². The summed E-state index contributed by atoms with van der Waals surface area (Å²) < 4.78 is 10.3. The van der Waals surface area contributed by atoms with Crippen molar-refractivity contribution in [1.82, 2.24) is 0 Å². The van der Waals surface area contributed by atoms with Gasteiger partial charge < -0.3 is 29.9 Å². The third kappa shape index (κ3) is 3.17. The summed E-state index contributed by atoms with van der Waals surface area (Å²) in [5.74, 6) is 0. The lowest BCUT2D eigenvalue weighted by atomic mass is 9.84. The highest BCUT2D eigenvalue weighted by Gasteiger charge is 2.49. The molecule has 0 saturated heterocycles. The van der Waals surface area contributed by atoms with Crippen molar-refractivity contribution in [2.75, 3.05) is 13.2 Å². The monoisotopic (exact) mass is 260 g/mol. The topological polar surface area (TPSA) is 99.4 Å². The van der Waals surface area contributed by atoms with E-state index in [1.54, 1.807) is 0 Å². The molecule has 0 spiro atoms. The lowest BCUT2D eigenvalue weighted by Gasteiger charge is -2.43. The standard InChI is InChI=1S/C12H20O6/c1-3-5-17-11-7(13)9(15)12(18-6-4-2)10(16)8(11)14/h3-4,7-16H,1-2,5-6H2/t7-,8-,9-,10+,11?,12?/m0/s1. The van der Waals surface area contributed by atoms with Crippen molar-refractivity contribution in [3.8, 4) is 0 Å². The van der Waals surface area contributed by atoms with Crippen LogP contribution in [0.25, 0.3) is 0 Å². The minimum atomic E-state index is -1.35. The predicted octanol–water partition coefficient (Wildman–Crippen LogP) is -1.41. The first-order valence-corrected chi connectivity index (χ1v) is 5.71. The number of aliphatic hydroxyl groups is 4. The summed E-state index contributed by atoms with van der Waals surface area (Å²) in [5.41, 5.74) is 0. The highest BCUT2D eigenvalue weighted by atomic mass is 16.5. The summed E-state index contributed by atoms with van der Waals surface area (Å²) in [6.07, 6.45) is -4.68. The third-order valence-corrected chi connectivity index (χ3v) is 2.86. The van der Waals surface area contributed by atoms with Crippen molar-refractivity contribution in [3.05, 3.63) is 25.3 Å². The Kier molecular flexibility index (Phi) is 5.94. The molecule has 2 unspecified atom stereocenters. The van der Waals surface area contributed by atoms with Crippen LogP contribution in [0.5, 0.6) is 0 Å². The van der Waals surface area contributed by atoms with Crippen LogP contribution in [0.4, 0.5) is 0 Å². The second-order valence-corrected chi connectivity index (χ2v) is 4.14. The van der Waals surface area contributed by atoms with Crippen LogP contribution in [0.1, 0.15) is 0 Å². The van der Waals surface area contributed by atoms with Gasteiger partial charge in [-0.3, -0.25) is 0 Å². The zero-order valence-electron chi connectivity index (χ0n) is 10.1. The number of hydrogen-bond donors (Lipinski definition) is 4. The van der Waals surface area contributed by atoms with Gasteiger partial charge in [0.1, 0.15) is 36.6 Å². The van der Waals surface area contributed by atoms with Crippen molar-refractivity contribution in [1.29, 1.82) is 0 Å². The Morgan fingerprint density at radius 1 is 0.722 bits per heavy atom. The van der Waals surface area contributed by atoms with Gasteiger partial charge in [0.05, 0.1) is 13.2 Å². The van der Waals surface area contributed by atoms with Crippen LogP contribution in [0.2, 0.25) is 0 Å². The van der Waals surface area contributed by atoms with Gasteiger partial charge in [-0.15, -0.1) is 13.2 Å². The molecular formula is C12H20O6. The fraction of sp³-hybridized carbons (Fsp3) is 0.667. The van der Waals surface area contributed by atoms with Gasteiger partial charge in [0.2, 0.25) is 0 Å². The molecule has 1 saturated carbocycles. The van der Waals surface area contributed by atoms with Crippen molar-refractivity contribution in [3.63, 3.8) is 0 Å².